The number of anilines is 1. The smallest absolute Gasteiger partial charge is 0.265 e. The highest BCUT2D eigenvalue weighted by Gasteiger charge is 2.36. The summed E-state index contributed by atoms with van der Waals surface area (Å²) >= 11 is 0. The number of aryl methyl sites for hydroxylation is 1. The number of hydrogen-bond donors (Lipinski definition) is 1. The summed E-state index contributed by atoms with van der Waals surface area (Å²) < 4.78 is 0. The molecule has 4 heteroatoms. The average Bonchev–Trinajstić information content (AvgIpc) is 2.67. The van der Waals surface area contributed by atoms with Gasteiger partial charge in [-0.05, 0) is 54.0 Å². The van der Waals surface area contributed by atoms with Crippen molar-refractivity contribution in [3.63, 3.8) is 0 Å². The van der Waals surface area contributed by atoms with E-state index in [-0.39, 0.29) is 17.6 Å². The van der Waals surface area contributed by atoms with Gasteiger partial charge < -0.3 is 5.11 Å². The molecule has 0 atom stereocenters. The van der Waals surface area contributed by atoms with Gasteiger partial charge in [0.25, 0.3) is 11.8 Å². The Morgan fingerprint density at radius 1 is 0.815 bits per heavy atom. The first kappa shape index (κ1) is 16.8. The molecule has 2 amide bonds. The van der Waals surface area contributed by atoms with E-state index in [1.165, 1.54) is 4.90 Å². The van der Waals surface area contributed by atoms with Crippen molar-refractivity contribution in [2.75, 3.05) is 4.90 Å². The molecule has 0 aliphatic carbocycles. The Hall–Kier alpha value is -3.66. The lowest BCUT2D eigenvalue weighted by molar-refractivity contribution is -0.112. The van der Waals surface area contributed by atoms with E-state index in [0.29, 0.717) is 28.0 Å². The second kappa shape index (κ2) is 6.57. The molecule has 0 fully saturated rings. The van der Waals surface area contributed by atoms with Gasteiger partial charge in [0.2, 0.25) is 0 Å². The van der Waals surface area contributed by atoms with Gasteiger partial charge in [0.1, 0.15) is 5.75 Å². The van der Waals surface area contributed by atoms with E-state index in [1.807, 2.05) is 25.1 Å². The lowest BCUT2D eigenvalue weighted by atomic mass is 9.91. The summed E-state index contributed by atoms with van der Waals surface area (Å²) in [6.45, 7) is 1.87. The van der Waals surface area contributed by atoms with Crippen LogP contribution in [0.25, 0.3) is 11.6 Å². The highest BCUT2D eigenvalue weighted by atomic mass is 16.3. The molecule has 132 valence electrons. The first-order valence-corrected chi connectivity index (χ1v) is 8.61. The maximum absolute atomic E-state index is 13.3. The van der Waals surface area contributed by atoms with E-state index >= 15 is 0 Å². The molecule has 1 heterocycles. The maximum Gasteiger partial charge on any atom is 0.265 e. The number of rotatable bonds is 2. The van der Waals surface area contributed by atoms with Crippen LogP contribution in [0, 0.1) is 6.92 Å². The molecule has 0 bridgehead atoms. The van der Waals surface area contributed by atoms with Crippen LogP contribution in [0.1, 0.15) is 27.0 Å². The quantitative estimate of drug-likeness (QED) is 0.546. The zero-order chi connectivity index (χ0) is 19.0. The fourth-order valence-electron chi connectivity index (χ4n) is 3.31. The average molecular weight is 355 g/mol. The fourth-order valence-corrected chi connectivity index (χ4v) is 3.31. The molecule has 0 saturated heterocycles. The van der Waals surface area contributed by atoms with Crippen molar-refractivity contribution in [3.8, 4) is 5.75 Å². The van der Waals surface area contributed by atoms with E-state index in [1.54, 1.807) is 60.7 Å². The van der Waals surface area contributed by atoms with E-state index in [9.17, 15) is 14.7 Å². The zero-order valence-electron chi connectivity index (χ0n) is 14.7. The number of benzene rings is 3. The minimum Gasteiger partial charge on any atom is -0.508 e. The van der Waals surface area contributed by atoms with Crippen LogP contribution < -0.4 is 4.90 Å². The number of para-hydroxylation sites is 1. The third kappa shape index (κ3) is 2.91. The van der Waals surface area contributed by atoms with E-state index in [0.717, 1.165) is 5.56 Å². The molecule has 4 nitrogen and oxygen atoms in total. The number of aromatic hydroxyl groups is 1. The predicted molar refractivity (Wildman–Crippen MR) is 105 cm³/mol. The maximum atomic E-state index is 13.3. The van der Waals surface area contributed by atoms with Crippen LogP contribution in [0.2, 0.25) is 0 Å². The SMILES string of the molecule is Cc1ccccc1N1C(=O)C(=Cc2cccc(O)c2)c2ccccc2C1=O. The number of phenols is 1. The normalized spacial score (nSPS) is 15.1. The summed E-state index contributed by atoms with van der Waals surface area (Å²) in [5.41, 5.74) is 3.60. The number of phenolic OH excluding ortho intramolecular Hbond substituents is 1. The Balaban J connectivity index is 1.93. The first-order chi connectivity index (χ1) is 13.1. The summed E-state index contributed by atoms with van der Waals surface area (Å²) in [6, 6.07) is 21.1. The van der Waals surface area contributed by atoms with Crippen LogP contribution in [0.15, 0.2) is 72.8 Å². The number of fused-ring (bicyclic) bond motifs is 1. The van der Waals surface area contributed by atoms with Crippen LogP contribution in [0.5, 0.6) is 5.75 Å². The minimum absolute atomic E-state index is 0.118. The lowest BCUT2D eigenvalue weighted by Crippen LogP contribution is -2.42. The van der Waals surface area contributed by atoms with Crippen molar-refractivity contribution in [2.45, 2.75) is 6.92 Å². The number of amides is 2. The number of nitrogens with zero attached hydrogens (tertiary/aromatic N) is 1. The Kier molecular flexibility index (Phi) is 4.09. The van der Waals surface area contributed by atoms with Gasteiger partial charge in [-0.1, -0.05) is 48.5 Å². The van der Waals surface area contributed by atoms with Crippen molar-refractivity contribution >= 4 is 29.2 Å². The molecular formula is C23H17NO3. The standard InChI is InChI=1S/C23H17NO3/c1-15-7-2-5-12-21(15)24-22(26)19-11-4-3-10-18(19)20(23(24)27)14-16-8-6-9-17(25)13-16/h2-14,25H,1H3. The number of imide groups is 1. The highest BCUT2D eigenvalue weighted by Crippen LogP contribution is 2.34. The molecule has 27 heavy (non-hydrogen) atoms. The topological polar surface area (TPSA) is 57.6 Å². The molecule has 1 N–H and O–H groups in total. The Morgan fingerprint density at radius 2 is 1.52 bits per heavy atom. The Bertz CT molecular complexity index is 1100. The summed E-state index contributed by atoms with van der Waals surface area (Å²) in [6.07, 6.45) is 1.71. The van der Waals surface area contributed by atoms with Gasteiger partial charge >= 0.3 is 0 Å². The highest BCUT2D eigenvalue weighted by molar-refractivity contribution is 6.43. The Labute approximate surface area is 157 Å². The van der Waals surface area contributed by atoms with Crippen molar-refractivity contribution in [2.24, 2.45) is 0 Å². The molecule has 3 aromatic carbocycles. The van der Waals surface area contributed by atoms with Crippen LogP contribution in [-0.2, 0) is 4.79 Å². The summed E-state index contributed by atoms with van der Waals surface area (Å²) in [5.74, 6) is -0.595. The monoisotopic (exact) mass is 355 g/mol. The zero-order valence-corrected chi connectivity index (χ0v) is 14.7. The van der Waals surface area contributed by atoms with Gasteiger partial charge in [-0.25, -0.2) is 4.90 Å². The van der Waals surface area contributed by atoms with Crippen LogP contribution in [0.3, 0.4) is 0 Å². The molecule has 0 aromatic heterocycles. The molecule has 0 spiro atoms. The predicted octanol–water partition coefficient (Wildman–Crippen LogP) is 4.43. The second-order valence-corrected chi connectivity index (χ2v) is 6.43. The van der Waals surface area contributed by atoms with E-state index in [4.69, 9.17) is 0 Å². The third-order valence-corrected chi connectivity index (χ3v) is 4.62. The molecule has 0 radical (unpaired) electrons. The van der Waals surface area contributed by atoms with Crippen LogP contribution in [0.4, 0.5) is 5.69 Å². The lowest BCUT2D eigenvalue weighted by Gasteiger charge is -2.29. The van der Waals surface area contributed by atoms with E-state index < -0.39 is 0 Å². The first-order valence-electron chi connectivity index (χ1n) is 8.61. The van der Waals surface area contributed by atoms with E-state index in [2.05, 4.69) is 0 Å². The summed E-state index contributed by atoms with van der Waals surface area (Å²) in [7, 11) is 0. The second-order valence-electron chi connectivity index (χ2n) is 6.43. The van der Waals surface area contributed by atoms with Gasteiger partial charge in [-0.15, -0.1) is 0 Å². The van der Waals surface area contributed by atoms with Gasteiger partial charge in [-0.2, -0.15) is 0 Å². The molecule has 1 aliphatic heterocycles. The van der Waals surface area contributed by atoms with Gasteiger partial charge in [-0.3, -0.25) is 9.59 Å². The van der Waals surface area contributed by atoms with Crippen LogP contribution in [-0.4, -0.2) is 16.9 Å². The Morgan fingerprint density at radius 3 is 2.26 bits per heavy atom. The van der Waals surface area contributed by atoms with Gasteiger partial charge in [0.15, 0.2) is 0 Å². The largest absolute Gasteiger partial charge is 0.508 e. The molecular weight excluding hydrogens is 338 g/mol. The number of carbonyl (C=O) groups is 2. The molecule has 1 aliphatic rings. The minimum atomic E-state index is -0.378. The molecule has 0 unspecified atom stereocenters. The van der Waals surface area contributed by atoms with Gasteiger partial charge in [0, 0.05) is 11.1 Å². The van der Waals surface area contributed by atoms with Crippen molar-refractivity contribution in [3.05, 3.63) is 95.1 Å². The molecule has 0 saturated carbocycles. The third-order valence-electron chi connectivity index (χ3n) is 4.62. The summed E-state index contributed by atoms with van der Waals surface area (Å²) in [4.78, 5) is 27.6. The van der Waals surface area contributed by atoms with Crippen molar-refractivity contribution < 1.29 is 14.7 Å². The summed E-state index contributed by atoms with van der Waals surface area (Å²) in [5, 5.41) is 9.73. The molecule has 4 rings (SSSR count). The van der Waals surface area contributed by atoms with Crippen molar-refractivity contribution in [1.29, 1.82) is 0 Å². The number of hydrogen-bond acceptors (Lipinski definition) is 3. The van der Waals surface area contributed by atoms with Crippen molar-refractivity contribution in [1.82, 2.24) is 0 Å². The fraction of sp³-hybridized carbons (Fsp3) is 0.0435. The van der Waals surface area contributed by atoms with Gasteiger partial charge in [0.05, 0.1) is 5.69 Å². The molecule has 3 aromatic rings. The number of carbonyl (C=O) groups excluding carboxylic acids is 2. The van der Waals surface area contributed by atoms with Crippen LogP contribution >= 0.6 is 0 Å².